The van der Waals surface area contributed by atoms with Crippen molar-refractivity contribution in [2.24, 2.45) is 7.05 Å². The van der Waals surface area contributed by atoms with Gasteiger partial charge in [0, 0.05) is 7.05 Å². The Hall–Kier alpha value is -1.37. The van der Waals surface area contributed by atoms with Crippen LogP contribution in [0.2, 0.25) is 0 Å². The first-order valence-corrected chi connectivity index (χ1v) is 5.54. The Morgan fingerprint density at radius 2 is 1.89 bits per heavy atom. The molecule has 1 N–H and O–H groups in total. The van der Waals surface area contributed by atoms with Crippen LogP contribution in [0.25, 0.3) is 0 Å². The molecule has 0 radical (unpaired) electrons. The number of anilines is 3. The van der Waals surface area contributed by atoms with Crippen LogP contribution in [0.15, 0.2) is 42.7 Å². The molecule has 2 rings (SSSR count). The van der Waals surface area contributed by atoms with E-state index < -0.39 is 0 Å². The molecule has 0 amide bonds. The molecule has 0 aliphatic carbocycles. The predicted molar refractivity (Wildman–Crippen MR) is 69.5 cm³/mol. The summed E-state index contributed by atoms with van der Waals surface area (Å²) in [4.78, 5) is 6.39. The van der Waals surface area contributed by atoms with Crippen molar-refractivity contribution in [1.29, 1.82) is 0 Å². The minimum atomic E-state index is 0. The molecule has 1 aromatic heterocycles. The number of aromatic nitrogens is 2. The van der Waals surface area contributed by atoms with Crippen LogP contribution in [0.4, 0.5) is 17.3 Å². The molecule has 1 heterocycles. The molecule has 5 heteroatoms. The number of aryl methyl sites for hydroxylation is 1. The molecular weight excluding hydrogens is 339 g/mol. The first-order valence-electron chi connectivity index (χ1n) is 5.54. The highest BCUT2D eigenvalue weighted by molar-refractivity contribution is 5.58. The Labute approximate surface area is 125 Å². The Morgan fingerprint density at radius 1 is 1.22 bits per heavy atom. The SMILES string of the molecule is CNc1cc(N(C)c2ccccc2)[n+](C)cn1.[I-]. The average molecular weight is 356 g/mol. The van der Waals surface area contributed by atoms with Gasteiger partial charge in [0.05, 0.1) is 25.8 Å². The molecule has 18 heavy (non-hydrogen) atoms. The summed E-state index contributed by atoms with van der Waals surface area (Å²) in [5, 5.41) is 3.05. The summed E-state index contributed by atoms with van der Waals surface area (Å²) < 4.78 is 1.99. The van der Waals surface area contributed by atoms with Gasteiger partial charge in [-0.15, -0.1) is 0 Å². The molecule has 0 unspecified atom stereocenters. The van der Waals surface area contributed by atoms with Crippen molar-refractivity contribution in [3.63, 3.8) is 0 Å². The number of hydrogen-bond donors (Lipinski definition) is 1. The van der Waals surface area contributed by atoms with Gasteiger partial charge in [0.1, 0.15) is 0 Å². The van der Waals surface area contributed by atoms with Crippen molar-refractivity contribution < 1.29 is 28.5 Å². The van der Waals surface area contributed by atoms with Gasteiger partial charge < -0.3 is 29.3 Å². The lowest BCUT2D eigenvalue weighted by Crippen LogP contribution is -3.00. The fraction of sp³-hybridized carbons (Fsp3) is 0.231. The molecule has 0 atom stereocenters. The third-order valence-electron chi connectivity index (χ3n) is 2.74. The van der Waals surface area contributed by atoms with E-state index in [1.54, 1.807) is 6.33 Å². The highest BCUT2D eigenvalue weighted by atomic mass is 127. The van der Waals surface area contributed by atoms with E-state index in [9.17, 15) is 0 Å². The van der Waals surface area contributed by atoms with Crippen LogP contribution in [0, 0.1) is 0 Å². The monoisotopic (exact) mass is 356 g/mol. The molecule has 0 saturated heterocycles. The number of benzene rings is 1. The smallest absolute Gasteiger partial charge is 0.233 e. The van der Waals surface area contributed by atoms with Crippen LogP contribution in [0.1, 0.15) is 0 Å². The Bertz CT molecular complexity index is 502. The molecular formula is C13H17IN4. The summed E-state index contributed by atoms with van der Waals surface area (Å²) in [6.07, 6.45) is 1.81. The summed E-state index contributed by atoms with van der Waals surface area (Å²) in [5.41, 5.74) is 1.15. The predicted octanol–water partition coefficient (Wildman–Crippen LogP) is -1.28. The summed E-state index contributed by atoms with van der Waals surface area (Å²) in [6.45, 7) is 0. The topological polar surface area (TPSA) is 32.0 Å². The van der Waals surface area contributed by atoms with Crippen LogP contribution in [0.3, 0.4) is 0 Å². The molecule has 0 aliphatic rings. The number of para-hydroxylation sites is 1. The van der Waals surface area contributed by atoms with Crippen LogP contribution < -0.4 is 38.8 Å². The molecule has 1 aromatic carbocycles. The van der Waals surface area contributed by atoms with E-state index in [1.807, 2.05) is 50.0 Å². The Kier molecular flexibility index (Phi) is 5.33. The standard InChI is InChI=1S/C13H16N4.HI/c1-14-12-9-13(16(2)10-15-12)17(3)11-7-5-4-6-8-11;/h4-10H,1-3H3;1H. The zero-order valence-electron chi connectivity index (χ0n) is 10.8. The second-order valence-electron chi connectivity index (χ2n) is 3.89. The molecule has 0 bridgehead atoms. The molecule has 0 spiro atoms. The van der Waals surface area contributed by atoms with Crippen LogP contribution in [-0.4, -0.2) is 19.1 Å². The summed E-state index contributed by atoms with van der Waals surface area (Å²) in [7, 11) is 5.90. The zero-order valence-corrected chi connectivity index (χ0v) is 12.9. The number of halogens is 1. The Morgan fingerprint density at radius 3 is 2.50 bits per heavy atom. The van der Waals surface area contributed by atoms with E-state index in [0.29, 0.717) is 0 Å². The maximum absolute atomic E-state index is 4.26. The molecule has 0 saturated carbocycles. The lowest BCUT2D eigenvalue weighted by molar-refractivity contribution is -0.661. The minimum Gasteiger partial charge on any atom is -1.00 e. The summed E-state index contributed by atoms with van der Waals surface area (Å²) >= 11 is 0. The van der Waals surface area contributed by atoms with Crippen molar-refractivity contribution in [2.75, 3.05) is 24.3 Å². The lowest BCUT2D eigenvalue weighted by Gasteiger charge is -2.15. The first-order chi connectivity index (χ1) is 8.22. The average Bonchev–Trinajstić information content (AvgIpc) is 2.39. The first kappa shape index (κ1) is 14.7. The second kappa shape index (κ2) is 6.53. The van der Waals surface area contributed by atoms with E-state index in [-0.39, 0.29) is 24.0 Å². The fourth-order valence-corrected chi connectivity index (χ4v) is 1.72. The van der Waals surface area contributed by atoms with Gasteiger partial charge >= 0.3 is 0 Å². The zero-order chi connectivity index (χ0) is 12.3. The van der Waals surface area contributed by atoms with Crippen molar-refractivity contribution in [3.8, 4) is 0 Å². The minimum absolute atomic E-state index is 0. The number of nitrogens with zero attached hydrogens (tertiary/aromatic N) is 3. The van der Waals surface area contributed by atoms with Gasteiger partial charge in [0.25, 0.3) is 0 Å². The van der Waals surface area contributed by atoms with Gasteiger partial charge in [-0.25, -0.2) is 4.57 Å². The van der Waals surface area contributed by atoms with E-state index >= 15 is 0 Å². The summed E-state index contributed by atoms with van der Waals surface area (Å²) in [5.74, 6) is 1.94. The van der Waals surface area contributed by atoms with E-state index in [0.717, 1.165) is 17.3 Å². The van der Waals surface area contributed by atoms with Gasteiger partial charge in [-0.1, -0.05) is 23.2 Å². The molecule has 0 aliphatic heterocycles. The number of nitrogens with one attached hydrogen (secondary N) is 1. The maximum atomic E-state index is 4.26. The van der Waals surface area contributed by atoms with Gasteiger partial charge in [0.15, 0.2) is 0 Å². The lowest BCUT2D eigenvalue weighted by atomic mass is 10.3. The maximum Gasteiger partial charge on any atom is 0.233 e. The van der Waals surface area contributed by atoms with E-state index in [2.05, 4.69) is 27.3 Å². The Balaban J connectivity index is 0.00000162. The van der Waals surface area contributed by atoms with Crippen LogP contribution in [0.5, 0.6) is 0 Å². The van der Waals surface area contributed by atoms with Gasteiger partial charge in [-0.05, 0) is 12.1 Å². The molecule has 0 fully saturated rings. The fourth-order valence-electron chi connectivity index (χ4n) is 1.72. The number of rotatable bonds is 3. The van der Waals surface area contributed by atoms with E-state index in [1.165, 1.54) is 0 Å². The summed E-state index contributed by atoms with van der Waals surface area (Å²) in [6, 6.07) is 12.3. The second-order valence-corrected chi connectivity index (χ2v) is 3.89. The third kappa shape index (κ3) is 3.10. The van der Waals surface area contributed by atoms with Crippen molar-refractivity contribution in [2.45, 2.75) is 0 Å². The largest absolute Gasteiger partial charge is 1.00 e. The number of hydrogen-bond acceptors (Lipinski definition) is 3. The van der Waals surface area contributed by atoms with Crippen molar-refractivity contribution in [1.82, 2.24) is 4.98 Å². The highest BCUT2D eigenvalue weighted by Crippen LogP contribution is 2.20. The van der Waals surface area contributed by atoms with Crippen LogP contribution >= 0.6 is 0 Å². The van der Waals surface area contributed by atoms with Crippen LogP contribution in [-0.2, 0) is 7.05 Å². The third-order valence-corrected chi connectivity index (χ3v) is 2.74. The quantitative estimate of drug-likeness (QED) is 0.549. The van der Waals surface area contributed by atoms with Crippen molar-refractivity contribution >= 4 is 17.3 Å². The molecule has 96 valence electrons. The normalized spacial score (nSPS) is 9.50. The van der Waals surface area contributed by atoms with Gasteiger partial charge in [0.2, 0.25) is 18.0 Å². The van der Waals surface area contributed by atoms with Gasteiger partial charge in [-0.2, -0.15) is 0 Å². The highest BCUT2D eigenvalue weighted by Gasteiger charge is 2.14. The van der Waals surface area contributed by atoms with Gasteiger partial charge in [-0.3, -0.25) is 4.90 Å². The van der Waals surface area contributed by atoms with Crippen molar-refractivity contribution in [3.05, 3.63) is 42.7 Å². The molecule has 4 nitrogen and oxygen atoms in total. The molecule has 2 aromatic rings. The van der Waals surface area contributed by atoms with E-state index in [4.69, 9.17) is 0 Å².